The minimum Gasteiger partial charge on any atom is -0.388 e. The molecular formula is C11H20O3. The van der Waals surface area contributed by atoms with Crippen molar-refractivity contribution in [3.05, 3.63) is 0 Å². The molecule has 82 valence electrons. The Morgan fingerprint density at radius 1 is 1.29 bits per heavy atom. The summed E-state index contributed by atoms with van der Waals surface area (Å²) in [5.41, 5.74) is -0.283. The van der Waals surface area contributed by atoms with Crippen LogP contribution in [0, 0.1) is 10.8 Å². The predicted molar refractivity (Wildman–Crippen MR) is 54.0 cm³/mol. The van der Waals surface area contributed by atoms with Crippen LogP contribution >= 0.6 is 0 Å². The summed E-state index contributed by atoms with van der Waals surface area (Å²) in [5.74, 6) is -0.215. The van der Waals surface area contributed by atoms with Gasteiger partial charge in [0.15, 0.2) is 5.78 Å². The smallest absolute Gasteiger partial charge is 0.187 e. The maximum Gasteiger partial charge on any atom is 0.187 e. The van der Waals surface area contributed by atoms with Crippen molar-refractivity contribution in [1.82, 2.24) is 0 Å². The van der Waals surface area contributed by atoms with Crippen LogP contribution in [-0.2, 0) is 9.53 Å². The molecule has 1 fully saturated rings. The van der Waals surface area contributed by atoms with Crippen LogP contribution in [0.2, 0.25) is 0 Å². The summed E-state index contributed by atoms with van der Waals surface area (Å²) in [6.07, 6.45) is -0.435. The lowest BCUT2D eigenvalue weighted by Crippen LogP contribution is -2.42. The highest BCUT2D eigenvalue weighted by Gasteiger charge is 2.56. The molecule has 14 heavy (non-hydrogen) atoms. The van der Waals surface area contributed by atoms with Crippen molar-refractivity contribution in [1.29, 1.82) is 0 Å². The molecule has 3 nitrogen and oxygen atoms in total. The molecule has 1 heterocycles. The fourth-order valence-electron chi connectivity index (χ4n) is 1.97. The molecule has 0 aromatic heterocycles. The Balaban J connectivity index is 2.99. The summed E-state index contributed by atoms with van der Waals surface area (Å²) in [5, 5.41) is 8.85. The SMILES string of the molecule is CC1O[C@H](C(=O)CO)C(C)(C)C1(C)C. The van der Waals surface area contributed by atoms with E-state index >= 15 is 0 Å². The molecule has 1 saturated heterocycles. The van der Waals surface area contributed by atoms with Gasteiger partial charge in [-0.25, -0.2) is 0 Å². The van der Waals surface area contributed by atoms with Gasteiger partial charge in [-0.1, -0.05) is 27.7 Å². The van der Waals surface area contributed by atoms with Gasteiger partial charge in [0.1, 0.15) is 12.7 Å². The zero-order valence-corrected chi connectivity index (χ0v) is 9.63. The standard InChI is InChI=1S/C11H20O3/c1-7-10(2,3)11(4,5)9(14-7)8(13)6-12/h7,9,12H,6H2,1-5H3/t7?,9-/m1/s1. The fourth-order valence-corrected chi connectivity index (χ4v) is 1.97. The van der Waals surface area contributed by atoms with Crippen molar-refractivity contribution in [2.24, 2.45) is 10.8 Å². The summed E-state index contributed by atoms with van der Waals surface area (Å²) in [6.45, 7) is 9.79. The van der Waals surface area contributed by atoms with Gasteiger partial charge in [0, 0.05) is 5.41 Å². The third kappa shape index (κ3) is 1.39. The summed E-state index contributed by atoms with van der Waals surface area (Å²) in [7, 11) is 0. The minimum absolute atomic E-state index is 0.0398. The zero-order chi connectivity index (χ0) is 11.1. The molecule has 0 aromatic rings. The maximum atomic E-state index is 11.5. The monoisotopic (exact) mass is 200 g/mol. The molecule has 1 aliphatic rings. The third-order valence-corrected chi connectivity index (χ3v) is 4.12. The number of hydrogen-bond donors (Lipinski definition) is 1. The second-order valence-electron chi connectivity index (χ2n) is 5.23. The molecule has 1 unspecified atom stereocenters. The van der Waals surface area contributed by atoms with Gasteiger partial charge in [-0.2, -0.15) is 0 Å². The number of Topliss-reactive ketones (excluding diaryl/α,β-unsaturated/α-hetero) is 1. The van der Waals surface area contributed by atoms with E-state index in [0.29, 0.717) is 0 Å². The van der Waals surface area contributed by atoms with Gasteiger partial charge in [0.25, 0.3) is 0 Å². The van der Waals surface area contributed by atoms with E-state index in [1.54, 1.807) is 0 Å². The number of ether oxygens (including phenoxy) is 1. The first-order valence-corrected chi connectivity index (χ1v) is 5.04. The van der Waals surface area contributed by atoms with Gasteiger partial charge in [0.05, 0.1) is 6.10 Å². The van der Waals surface area contributed by atoms with Crippen molar-refractivity contribution in [2.75, 3.05) is 6.61 Å². The highest BCUT2D eigenvalue weighted by atomic mass is 16.5. The summed E-state index contributed by atoms with van der Waals surface area (Å²) < 4.78 is 5.63. The van der Waals surface area contributed by atoms with E-state index in [4.69, 9.17) is 9.84 Å². The largest absolute Gasteiger partial charge is 0.388 e. The van der Waals surface area contributed by atoms with E-state index in [-0.39, 0.29) is 22.7 Å². The lowest BCUT2D eigenvalue weighted by Gasteiger charge is -2.37. The first-order valence-electron chi connectivity index (χ1n) is 5.04. The molecule has 0 spiro atoms. The van der Waals surface area contributed by atoms with Crippen molar-refractivity contribution < 1.29 is 14.6 Å². The molecule has 0 radical (unpaired) electrons. The summed E-state index contributed by atoms with van der Waals surface area (Å²) in [4.78, 5) is 11.5. The van der Waals surface area contributed by atoms with Crippen molar-refractivity contribution in [3.8, 4) is 0 Å². The molecule has 0 saturated carbocycles. The molecule has 1 N–H and O–H groups in total. The quantitative estimate of drug-likeness (QED) is 0.732. The van der Waals surface area contributed by atoms with Crippen LogP contribution in [-0.4, -0.2) is 29.7 Å². The first kappa shape index (κ1) is 11.7. The number of hydrogen-bond acceptors (Lipinski definition) is 3. The second-order valence-corrected chi connectivity index (χ2v) is 5.23. The van der Waals surface area contributed by atoms with E-state index in [1.807, 2.05) is 20.8 Å². The molecule has 0 amide bonds. The van der Waals surface area contributed by atoms with E-state index in [9.17, 15) is 4.79 Å². The van der Waals surface area contributed by atoms with Gasteiger partial charge >= 0.3 is 0 Å². The summed E-state index contributed by atoms with van der Waals surface area (Å²) in [6, 6.07) is 0. The summed E-state index contributed by atoms with van der Waals surface area (Å²) >= 11 is 0. The van der Waals surface area contributed by atoms with Gasteiger partial charge in [-0.3, -0.25) is 4.79 Å². The molecular weight excluding hydrogens is 180 g/mol. The van der Waals surface area contributed by atoms with Crippen LogP contribution in [0.3, 0.4) is 0 Å². The van der Waals surface area contributed by atoms with Gasteiger partial charge in [-0.15, -0.1) is 0 Å². The van der Waals surface area contributed by atoms with E-state index in [2.05, 4.69) is 13.8 Å². The number of carbonyl (C=O) groups is 1. The van der Waals surface area contributed by atoms with E-state index in [0.717, 1.165) is 0 Å². The Bertz CT molecular complexity index is 243. The van der Waals surface area contributed by atoms with Gasteiger partial charge in [-0.05, 0) is 12.3 Å². The lowest BCUT2D eigenvalue weighted by atomic mass is 9.64. The Morgan fingerprint density at radius 3 is 2.07 bits per heavy atom. The molecule has 1 aliphatic heterocycles. The fraction of sp³-hybridized carbons (Fsp3) is 0.909. The van der Waals surface area contributed by atoms with Crippen LogP contribution in [0.5, 0.6) is 0 Å². The van der Waals surface area contributed by atoms with E-state index < -0.39 is 12.7 Å². The topological polar surface area (TPSA) is 46.5 Å². The average Bonchev–Trinajstić information content (AvgIpc) is 2.25. The molecule has 2 atom stereocenters. The first-order chi connectivity index (χ1) is 6.25. The predicted octanol–water partition coefficient (Wildman–Crippen LogP) is 1.39. The van der Waals surface area contributed by atoms with Crippen LogP contribution in [0.25, 0.3) is 0 Å². The minimum atomic E-state index is -0.475. The molecule has 1 rings (SSSR count). The lowest BCUT2D eigenvalue weighted by molar-refractivity contribution is -0.136. The van der Waals surface area contributed by atoms with Crippen LogP contribution in [0.4, 0.5) is 0 Å². The zero-order valence-electron chi connectivity index (χ0n) is 9.63. The van der Waals surface area contributed by atoms with Crippen molar-refractivity contribution in [2.45, 2.75) is 46.8 Å². The normalized spacial score (nSPS) is 34.4. The average molecular weight is 200 g/mol. The number of aliphatic hydroxyl groups excluding tert-OH is 1. The number of carbonyl (C=O) groups excluding carboxylic acids is 1. The van der Waals surface area contributed by atoms with Crippen LogP contribution in [0.1, 0.15) is 34.6 Å². The Kier molecular flexibility index (Phi) is 2.76. The van der Waals surface area contributed by atoms with Crippen LogP contribution in [0.15, 0.2) is 0 Å². The van der Waals surface area contributed by atoms with Crippen molar-refractivity contribution >= 4 is 5.78 Å². The number of rotatable bonds is 2. The highest BCUT2D eigenvalue weighted by molar-refractivity contribution is 5.85. The molecule has 0 bridgehead atoms. The number of ketones is 1. The van der Waals surface area contributed by atoms with E-state index in [1.165, 1.54) is 0 Å². The Hall–Kier alpha value is -0.410. The second kappa shape index (κ2) is 3.31. The van der Waals surface area contributed by atoms with Crippen molar-refractivity contribution in [3.63, 3.8) is 0 Å². The van der Waals surface area contributed by atoms with Gasteiger partial charge in [0.2, 0.25) is 0 Å². The maximum absolute atomic E-state index is 11.5. The molecule has 3 heteroatoms. The number of aliphatic hydroxyl groups is 1. The Labute approximate surface area is 85.5 Å². The van der Waals surface area contributed by atoms with Crippen LogP contribution < -0.4 is 0 Å². The highest BCUT2D eigenvalue weighted by Crippen LogP contribution is 2.52. The van der Waals surface area contributed by atoms with Gasteiger partial charge < -0.3 is 9.84 Å². The third-order valence-electron chi connectivity index (χ3n) is 4.12. The Morgan fingerprint density at radius 2 is 1.79 bits per heavy atom. The molecule has 0 aliphatic carbocycles. The molecule has 0 aromatic carbocycles.